The summed E-state index contributed by atoms with van der Waals surface area (Å²) in [6.07, 6.45) is 4.01. The van der Waals surface area contributed by atoms with Gasteiger partial charge in [-0.2, -0.15) is 0 Å². The highest BCUT2D eigenvalue weighted by atomic mass is 16.7. The van der Waals surface area contributed by atoms with E-state index in [0.717, 1.165) is 66.7 Å². The van der Waals surface area contributed by atoms with Crippen molar-refractivity contribution in [3.05, 3.63) is 40.8 Å². The van der Waals surface area contributed by atoms with Gasteiger partial charge >= 0.3 is 0 Å². The van der Waals surface area contributed by atoms with Crippen molar-refractivity contribution in [1.82, 2.24) is 15.8 Å². The molecule has 1 saturated carbocycles. The smallest absolute Gasteiger partial charge is 0.231 e. The summed E-state index contributed by atoms with van der Waals surface area (Å²) in [7, 11) is 1.80. The normalized spacial score (nSPS) is 16.9. The molecule has 4 rings (SSSR count). The number of benzene rings is 1. The van der Waals surface area contributed by atoms with Crippen molar-refractivity contribution in [2.45, 2.75) is 51.5 Å². The maximum atomic E-state index is 5.54. The minimum absolute atomic E-state index is 0.138. The average Bonchev–Trinajstić information content (AvgIpc) is 3.19. The third kappa shape index (κ3) is 3.53. The second kappa shape index (κ2) is 7.73. The molecule has 2 aliphatic rings. The number of guanidine groups is 1. The highest BCUT2D eigenvalue weighted by molar-refractivity contribution is 5.79. The number of fused-ring (bicyclic) bond motifs is 1. The lowest BCUT2D eigenvalue weighted by Gasteiger charge is -2.19. The predicted molar refractivity (Wildman–Crippen MR) is 107 cm³/mol. The summed E-state index contributed by atoms with van der Waals surface area (Å²) in [6, 6.07) is 6.28. The molecule has 7 nitrogen and oxygen atoms in total. The summed E-state index contributed by atoms with van der Waals surface area (Å²) < 4.78 is 16.4. The Balaban J connectivity index is 1.38. The van der Waals surface area contributed by atoms with Crippen LogP contribution in [0.4, 0.5) is 0 Å². The van der Waals surface area contributed by atoms with E-state index in [9.17, 15) is 0 Å². The minimum Gasteiger partial charge on any atom is -0.454 e. The topological polar surface area (TPSA) is 80.9 Å². The Bertz CT molecular complexity index is 849. The second-order valence-electron chi connectivity index (χ2n) is 7.37. The van der Waals surface area contributed by atoms with Crippen LogP contribution in [0.3, 0.4) is 0 Å². The van der Waals surface area contributed by atoms with Crippen LogP contribution < -0.4 is 20.1 Å². The Kier molecular flexibility index (Phi) is 5.15. The summed E-state index contributed by atoms with van der Waals surface area (Å²) in [5, 5.41) is 11.1. The molecule has 0 amide bonds. The van der Waals surface area contributed by atoms with Gasteiger partial charge in [0.15, 0.2) is 17.5 Å². The summed E-state index contributed by atoms with van der Waals surface area (Å²) in [5.74, 6) is 3.41. The zero-order valence-electron chi connectivity index (χ0n) is 16.8. The highest BCUT2D eigenvalue weighted by Gasteiger charge is 2.44. The third-order valence-electron chi connectivity index (χ3n) is 5.70. The molecule has 1 fully saturated rings. The molecule has 28 heavy (non-hydrogen) atoms. The standard InChI is InChI=1S/C21H28N4O3/c1-4-16-15(17(5-2)28-25-16)11-23-20(22-3)24-12-21(8-9-21)14-6-7-18-19(10-14)27-13-26-18/h6-7,10H,4-5,8-9,11-13H2,1-3H3,(H2,22,23,24). The van der Waals surface area contributed by atoms with Crippen molar-refractivity contribution in [2.24, 2.45) is 4.99 Å². The first-order valence-corrected chi connectivity index (χ1v) is 10.00. The highest BCUT2D eigenvalue weighted by Crippen LogP contribution is 2.49. The van der Waals surface area contributed by atoms with Gasteiger partial charge in [0.1, 0.15) is 5.76 Å². The van der Waals surface area contributed by atoms with Gasteiger partial charge in [0, 0.05) is 37.5 Å². The molecule has 2 aromatic rings. The molecule has 0 radical (unpaired) electrons. The summed E-state index contributed by atoms with van der Waals surface area (Å²) in [4.78, 5) is 4.38. The predicted octanol–water partition coefficient (Wildman–Crippen LogP) is 2.92. The fourth-order valence-electron chi connectivity index (χ4n) is 3.73. The Labute approximate surface area is 165 Å². The molecular weight excluding hydrogens is 356 g/mol. The number of nitrogens with one attached hydrogen (secondary N) is 2. The molecule has 1 aliphatic carbocycles. The first kappa shape index (κ1) is 18.7. The van der Waals surface area contributed by atoms with E-state index in [1.807, 2.05) is 6.07 Å². The number of rotatable bonds is 7. The molecule has 0 saturated heterocycles. The van der Waals surface area contributed by atoms with E-state index >= 15 is 0 Å². The van der Waals surface area contributed by atoms with Gasteiger partial charge in [-0.1, -0.05) is 25.1 Å². The van der Waals surface area contributed by atoms with E-state index in [4.69, 9.17) is 14.0 Å². The molecular formula is C21H28N4O3. The van der Waals surface area contributed by atoms with Crippen LogP contribution in [0, 0.1) is 0 Å². The van der Waals surface area contributed by atoms with Gasteiger partial charge in [0.2, 0.25) is 6.79 Å². The molecule has 150 valence electrons. The van der Waals surface area contributed by atoms with Gasteiger partial charge in [0.25, 0.3) is 0 Å². The van der Waals surface area contributed by atoms with Crippen LogP contribution in [-0.4, -0.2) is 31.5 Å². The molecule has 7 heteroatoms. The Morgan fingerprint density at radius 3 is 2.68 bits per heavy atom. The average molecular weight is 384 g/mol. The summed E-state index contributed by atoms with van der Waals surface area (Å²) in [5.41, 5.74) is 3.59. The summed E-state index contributed by atoms with van der Waals surface area (Å²) in [6.45, 7) is 5.97. The van der Waals surface area contributed by atoms with E-state index in [0.29, 0.717) is 13.3 Å². The van der Waals surface area contributed by atoms with E-state index in [1.54, 1.807) is 7.05 Å². The molecule has 1 aromatic heterocycles. The lowest BCUT2D eigenvalue weighted by Crippen LogP contribution is -2.41. The van der Waals surface area contributed by atoms with Crippen LogP contribution in [0.25, 0.3) is 0 Å². The van der Waals surface area contributed by atoms with Crippen molar-refractivity contribution in [3.63, 3.8) is 0 Å². The minimum atomic E-state index is 0.138. The molecule has 0 atom stereocenters. The van der Waals surface area contributed by atoms with Gasteiger partial charge in [-0.15, -0.1) is 0 Å². The molecule has 2 N–H and O–H groups in total. The maximum Gasteiger partial charge on any atom is 0.231 e. The second-order valence-corrected chi connectivity index (χ2v) is 7.37. The third-order valence-corrected chi connectivity index (χ3v) is 5.70. The van der Waals surface area contributed by atoms with Crippen molar-refractivity contribution in [1.29, 1.82) is 0 Å². The van der Waals surface area contributed by atoms with Crippen LogP contribution in [0.2, 0.25) is 0 Å². The fourth-order valence-corrected chi connectivity index (χ4v) is 3.73. The van der Waals surface area contributed by atoms with E-state index in [-0.39, 0.29) is 5.41 Å². The van der Waals surface area contributed by atoms with Crippen LogP contribution in [0.15, 0.2) is 27.7 Å². The van der Waals surface area contributed by atoms with Crippen molar-refractivity contribution >= 4 is 5.96 Å². The largest absolute Gasteiger partial charge is 0.454 e. The van der Waals surface area contributed by atoms with Crippen molar-refractivity contribution in [2.75, 3.05) is 20.4 Å². The quantitative estimate of drug-likeness (QED) is 0.564. The molecule has 0 unspecified atom stereocenters. The van der Waals surface area contributed by atoms with Gasteiger partial charge in [-0.3, -0.25) is 4.99 Å². The number of nitrogens with zero attached hydrogens (tertiary/aromatic N) is 2. The van der Waals surface area contributed by atoms with E-state index < -0.39 is 0 Å². The molecule has 2 heterocycles. The number of aliphatic imine (C=N–C) groups is 1. The number of aryl methyl sites for hydroxylation is 2. The lowest BCUT2D eigenvalue weighted by atomic mass is 9.95. The monoisotopic (exact) mass is 384 g/mol. The molecule has 1 aliphatic heterocycles. The number of hydrogen-bond donors (Lipinski definition) is 2. The van der Waals surface area contributed by atoms with E-state index in [1.165, 1.54) is 5.56 Å². The SMILES string of the molecule is CCc1noc(CC)c1CNC(=NC)NCC1(c2ccc3c(c2)OCO3)CC1. The summed E-state index contributed by atoms with van der Waals surface area (Å²) >= 11 is 0. The molecule has 0 bridgehead atoms. The molecule has 1 aromatic carbocycles. The van der Waals surface area contributed by atoms with Crippen molar-refractivity contribution in [3.8, 4) is 11.5 Å². The molecule has 0 spiro atoms. The zero-order chi connectivity index (χ0) is 19.6. The van der Waals surface area contributed by atoms with Crippen molar-refractivity contribution < 1.29 is 14.0 Å². The number of aromatic nitrogens is 1. The van der Waals surface area contributed by atoms with Crippen LogP contribution in [0.1, 0.15) is 49.3 Å². The number of ether oxygens (including phenoxy) is 2. The van der Waals surface area contributed by atoms with Gasteiger partial charge < -0.3 is 24.6 Å². The van der Waals surface area contributed by atoms with E-state index in [2.05, 4.69) is 46.8 Å². The van der Waals surface area contributed by atoms with Crippen LogP contribution >= 0.6 is 0 Å². The first-order chi connectivity index (χ1) is 13.7. The number of hydrogen-bond acceptors (Lipinski definition) is 5. The van der Waals surface area contributed by atoms with Gasteiger partial charge in [-0.05, 0) is 37.0 Å². The Morgan fingerprint density at radius 1 is 1.14 bits per heavy atom. The Hall–Kier alpha value is -2.70. The Morgan fingerprint density at radius 2 is 1.96 bits per heavy atom. The first-order valence-electron chi connectivity index (χ1n) is 10.00. The van der Waals surface area contributed by atoms with Gasteiger partial charge in [-0.25, -0.2) is 0 Å². The zero-order valence-corrected chi connectivity index (χ0v) is 16.8. The van der Waals surface area contributed by atoms with Crippen LogP contribution in [-0.2, 0) is 24.8 Å². The van der Waals surface area contributed by atoms with Crippen LogP contribution in [0.5, 0.6) is 11.5 Å². The van der Waals surface area contributed by atoms with Gasteiger partial charge in [0.05, 0.1) is 5.69 Å². The maximum absolute atomic E-state index is 5.54. The lowest BCUT2D eigenvalue weighted by molar-refractivity contribution is 0.174. The fraction of sp³-hybridized carbons (Fsp3) is 0.524.